The molecule has 1 saturated heterocycles. The minimum absolute atomic E-state index is 0.107. The van der Waals surface area contributed by atoms with Gasteiger partial charge in [-0.3, -0.25) is 4.98 Å². The molecule has 0 bridgehead atoms. The topological polar surface area (TPSA) is 33.1 Å². The number of rotatable bonds is 2. The molecule has 0 spiro atoms. The summed E-state index contributed by atoms with van der Waals surface area (Å²) in [5, 5.41) is 9.97. The van der Waals surface area contributed by atoms with Gasteiger partial charge in [0.2, 0.25) is 0 Å². The Kier molecular flexibility index (Phi) is 4.17. The van der Waals surface area contributed by atoms with E-state index in [9.17, 15) is 18.3 Å². The number of halogens is 3. The van der Waals surface area contributed by atoms with Crippen molar-refractivity contribution < 1.29 is 18.3 Å². The highest BCUT2D eigenvalue weighted by Crippen LogP contribution is 2.39. The summed E-state index contributed by atoms with van der Waals surface area (Å²) in [5.74, 6) is 0.892. The van der Waals surface area contributed by atoms with Crippen molar-refractivity contribution in [3.8, 4) is 0 Å². The third-order valence-electron chi connectivity index (χ3n) is 3.04. The van der Waals surface area contributed by atoms with Gasteiger partial charge in [-0.05, 0) is 24.7 Å². The van der Waals surface area contributed by atoms with Crippen molar-refractivity contribution in [3.63, 3.8) is 0 Å². The summed E-state index contributed by atoms with van der Waals surface area (Å²) >= 11 is 1.54. The van der Waals surface area contributed by atoms with Crippen molar-refractivity contribution in [2.75, 3.05) is 5.75 Å². The van der Waals surface area contributed by atoms with Crippen molar-refractivity contribution in [2.24, 2.45) is 0 Å². The Hall–Kier alpha value is -0.750. The summed E-state index contributed by atoms with van der Waals surface area (Å²) in [4.78, 5) is 3.71. The fourth-order valence-electron chi connectivity index (χ4n) is 2.12. The van der Waals surface area contributed by atoms with Crippen LogP contribution in [0.5, 0.6) is 0 Å². The van der Waals surface area contributed by atoms with Gasteiger partial charge >= 0.3 is 6.18 Å². The predicted molar refractivity (Wildman–Crippen MR) is 64.3 cm³/mol. The van der Waals surface area contributed by atoms with Gasteiger partial charge in [0.1, 0.15) is 0 Å². The molecule has 0 aliphatic carbocycles. The SMILES string of the molecule is OC(c1cnccc1C(F)(F)F)C1CCCCS1. The van der Waals surface area contributed by atoms with Crippen molar-refractivity contribution >= 4 is 11.8 Å². The van der Waals surface area contributed by atoms with Crippen LogP contribution >= 0.6 is 11.8 Å². The first-order valence-electron chi connectivity index (χ1n) is 5.81. The number of hydrogen-bond acceptors (Lipinski definition) is 3. The van der Waals surface area contributed by atoms with Gasteiger partial charge < -0.3 is 5.11 Å². The Morgan fingerprint density at radius 3 is 2.78 bits per heavy atom. The number of nitrogens with zero attached hydrogens (tertiary/aromatic N) is 1. The zero-order valence-electron chi connectivity index (χ0n) is 9.65. The van der Waals surface area contributed by atoms with E-state index in [1.807, 2.05) is 0 Å². The van der Waals surface area contributed by atoms with Gasteiger partial charge in [-0.25, -0.2) is 0 Å². The van der Waals surface area contributed by atoms with Crippen LogP contribution in [0.25, 0.3) is 0 Å². The van der Waals surface area contributed by atoms with Crippen molar-refractivity contribution in [1.82, 2.24) is 4.98 Å². The summed E-state index contributed by atoms with van der Waals surface area (Å²) in [6.45, 7) is 0. The molecule has 100 valence electrons. The standard InChI is InChI=1S/C12H14F3NOS/c13-12(14,15)9-4-5-16-7-8(9)11(17)10-3-1-2-6-18-10/h4-5,7,10-11,17H,1-3,6H2. The maximum Gasteiger partial charge on any atom is 0.416 e. The van der Waals surface area contributed by atoms with Gasteiger partial charge in [0, 0.05) is 23.2 Å². The van der Waals surface area contributed by atoms with E-state index in [-0.39, 0.29) is 10.8 Å². The summed E-state index contributed by atoms with van der Waals surface area (Å²) in [6, 6.07) is 0.923. The van der Waals surface area contributed by atoms with Crippen LogP contribution in [-0.4, -0.2) is 21.1 Å². The monoisotopic (exact) mass is 277 g/mol. The molecule has 6 heteroatoms. The first-order valence-corrected chi connectivity index (χ1v) is 6.86. The van der Waals surface area contributed by atoms with E-state index in [4.69, 9.17) is 0 Å². The maximum atomic E-state index is 12.8. The average molecular weight is 277 g/mol. The molecule has 0 radical (unpaired) electrons. The normalized spacial score (nSPS) is 22.8. The van der Waals surface area contributed by atoms with E-state index in [1.54, 1.807) is 11.8 Å². The summed E-state index contributed by atoms with van der Waals surface area (Å²) in [5.41, 5.74) is -0.888. The van der Waals surface area contributed by atoms with E-state index in [1.165, 1.54) is 0 Å². The predicted octanol–water partition coefficient (Wildman–Crippen LogP) is 3.42. The minimum atomic E-state index is -4.45. The molecule has 18 heavy (non-hydrogen) atoms. The lowest BCUT2D eigenvalue weighted by Gasteiger charge is -2.27. The second kappa shape index (κ2) is 5.48. The largest absolute Gasteiger partial charge is 0.416 e. The van der Waals surface area contributed by atoms with Gasteiger partial charge in [0.15, 0.2) is 0 Å². The summed E-state index contributed by atoms with van der Waals surface area (Å²) in [7, 11) is 0. The molecular formula is C12H14F3NOS. The fraction of sp³-hybridized carbons (Fsp3) is 0.583. The van der Waals surface area contributed by atoms with Crippen LogP contribution in [0.1, 0.15) is 36.5 Å². The highest BCUT2D eigenvalue weighted by atomic mass is 32.2. The van der Waals surface area contributed by atoms with Crippen molar-refractivity contribution in [2.45, 2.75) is 36.8 Å². The number of aromatic nitrogens is 1. The molecule has 0 amide bonds. The van der Waals surface area contributed by atoms with Gasteiger partial charge in [-0.2, -0.15) is 24.9 Å². The first-order chi connectivity index (χ1) is 8.50. The molecule has 1 aromatic rings. The highest BCUT2D eigenvalue weighted by Gasteiger charge is 2.37. The van der Waals surface area contributed by atoms with Gasteiger partial charge in [-0.1, -0.05) is 6.42 Å². The molecule has 0 aromatic carbocycles. The quantitative estimate of drug-likeness (QED) is 0.899. The Morgan fingerprint density at radius 1 is 1.39 bits per heavy atom. The lowest BCUT2D eigenvalue weighted by Crippen LogP contribution is -2.22. The number of aliphatic hydroxyl groups excluding tert-OH is 1. The van der Waals surface area contributed by atoms with E-state index in [0.717, 1.165) is 43.5 Å². The van der Waals surface area contributed by atoms with Crippen LogP contribution in [0.3, 0.4) is 0 Å². The summed E-state index contributed by atoms with van der Waals surface area (Å²) < 4.78 is 38.5. The molecule has 1 N–H and O–H groups in total. The Morgan fingerprint density at radius 2 is 2.17 bits per heavy atom. The van der Waals surface area contributed by atoms with E-state index in [2.05, 4.69) is 4.98 Å². The molecule has 2 unspecified atom stereocenters. The van der Waals surface area contributed by atoms with E-state index in [0.29, 0.717) is 0 Å². The summed E-state index contributed by atoms with van der Waals surface area (Å²) in [6.07, 6.45) is -0.545. The number of pyridine rings is 1. The van der Waals surface area contributed by atoms with Gasteiger partial charge in [0.25, 0.3) is 0 Å². The van der Waals surface area contributed by atoms with E-state index < -0.39 is 17.8 Å². The van der Waals surface area contributed by atoms with Crippen LogP contribution in [-0.2, 0) is 6.18 Å². The third kappa shape index (κ3) is 2.98. The lowest BCUT2D eigenvalue weighted by atomic mass is 9.99. The molecule has 2 rings (SSSR count). The van der Waals surface area contributed by atoms with Crippen LogP contribution in [0.15, 0.2) is 18.5 Å². The lowest BCUT2D eigenvalue weighted by molar-refractivity contribution is -0.139. The van der Waals surface area contributed by atoms with Gasteiger partial charge in [-0.15, -0.1) is 0 Å². The second-order valence-corrected chi connectivity index (χ2v) is 5.66. The maximum absolute atomic E-state index is 12.8. The van der Waals surface area contributed by atoms with Crippen molar-refractivity contribution in [3.05, 3.63) is 29.6 Å². The van der Waals surface area contributed by atoms with E-state index >= 15 is 0 Å². The Balaban J connectivity index is 2.26. The number of hydrogen-bond donors (Lipinski definition) is 1. The third-order valence-corrected chi connectivity index (χ3v) is 4.49. The smallest absolute Gasteiger partial charge is 0.387 e. The Labute approximate surface area is 108 Å². The molecule has 1 aliphatic heterocycles. The molecule has 2 atom stereocenters. The molecule has 2 nitrogen and oxygen atoms in total. The first kappa shape index (κ1) is 13.7. The van der Waals surface area contributed by atoms with Crippen LogP contribution in [0.4, 0.5) is 13.2 Å². The van der Waals surface area contributed by atoms with Crippen LogP contribution < -0.4 is 0 Å². The average Bonchev–Trinajstić information content (AvgIpc) is 2.38. The van der Waals surface area contributed by atoms with Crippen LogP contribution in [0, 0.1) is 0 Å². The molecule has 1 fully saturated rings. The second-order valence-electron chi connectivity index (χ2n) is 4.31. The highest BCUT2D eigenvalue weighted by molar-refractivity contribution is 7.99. The molecule has 1 aromatic heterocycles. The Bertz CT molecular complexity index is 405. The number of thioether (sulfide) groups is 1. The minimum Gasteiger partial charge on any atom is -0.387 e. The number of alkyl halides is 3. The zero-order chi connectivity index (χ0) is 13.2. The fourth-order valence-corrected chi connectivity index (χ4v) is 3.45. The molecule has 0 saturated carbocycles. The molecule has 2 heterocycles. The zero-order valence-corrected chi connectivity index (χ0v) is 10.5. The molecule has 1 aliphatic rings. The van der Waals surface area contributed by atoms with Gasteiger partial charge in [0.05, 0.1) is 11.7 Å². The van der Waals surface area contributed by atoms with Crippen LogP contribution in [0.2, 0.25) is 0 Å². The number of aliphatic hydroxyl groups is 1. The van der Waals surface area contributed by atoms with Crippen molar-refractivity contribution in [1.29, 1.82) is 0 Å². The molecular weight excluding hydrogens is 263 g/mol.